The van der Waals surface area contributed by atoms with Crippen molar-refractivity contribution < 1.29 is 51.6 Å². The molecule has 4 nitrogen and oxygen atoms in total. The van der Waals surface area contributed by atoms with Gasteiger partial charge in [0.15, 0.2) is 0 Å². The molecule has 0 radical (unpaired) electrons. The van der Waals surface area contributed by atoms with Crippen LogP contribution >= 0.6 is 0 Å². The van der Waals surface area contributed by atoms with Crippen LogP contribution in [0.5, 0.6) is 0 Å². The molecule has 0 aliphatic rings. The van der Waals surface area contributed by atoms with Crippen molar-refractivity contribution in [2.75, 3.05) is 6.67 Å². The maximum atomic E-state index is 10.5. The first-order chi connectivity index (χ1) is 5.20. The van der Waals surface area contributed by atoms with Crippen molar-refractivity contribution in [3.63, 3.8) is 0 Å². The third-order valence-electron chi connectivity index (χ3n) is 0.896. The van der Waals surface area contributed by atoms with Crippen LogP contribution in [0.25, 0.3) is 0 Å². The summed E-state index contributed by atoms with van der Waals surface area (Å²) in [6.07, 6.45) is 2.25. The van der Waals surface area contributed by atoms with Gasteiger partial charge in [-0.15, -0.1) is 0 Å². The molecule has 0 spiro atoms. The second kappa shape index (κ2) is 11.7. The van der Waals surface area contributed by atoms with Crippen LogP contribution in [-0.4, -0.2) is 18.5 Å². The predicted octanol–water partition coefficient (Wildman–Crippen LogP) is -6.44. The standard InChI is InChI=1S/C7H10N2O2.ClH.Na/c1-3-6(10)8-5-9-7(11)4-2;;/h3-4H,1-2,5H2,(H,8,10)(H,9,11);1H;/q;;+1/p-1. The van der Waals surface area contributed by atoms with Gasteiger partial charge in [-0.2, -0.15) is 0 Å². The van der Waals surface area contributed by atoms with Gasteiger partial charge in [0.25, 0.3) is 0 Å². The Morgan fingerprint density at radius 1 is 1.08 bits per heavy atom. The Kier molecular flexibility index (Phi) is 16.7. The summed E-state index contributed by atoms with van der Waals surface area (Å²) < 4.78 is 0. The number of rotatable bonds is 4. The molecule has 0 saturated carbocycles. The van der Waals surface area contributed by atoms with Gasteiger partial charge >= 0.3 is 29.6 Å². The molecule has 2 amide bonds. The topological polar surface area (TPSA) is 58.2 Å². The molecule has 68 valence electrons. The fourth-order valence-electron chi connectivity index (χ4n) is 0.363. The van der Waals surface area contributed by atoms with Gasteiger partial charge in [0, 0.05) is 0 Å². The SMILES string of the molecule is C=CC(=O)NCNC(=O)C=C.[Cl-].[Na+]. The Morgan fingerprint density at radius 3 is 1.62 bits per heavy atom. The van der Waals surface area contributed by atoms with Gasteiger partial charge < -0.3 is 23.0 Å². The average molecular weight is 213 g/mol. The molecular weight excluding hydrogens is 203 g/mol. The fourth-order valence-corrected chi connectivity index (χ4v) is 0.363. The van der Waals surface area contributed by atoms with E-state index >= 15 is 0 Å². The molecular formula is C7H10ClN2NaO2. The van der Waals surface area contributed by atoms with Crippen molar-refractivity contribution in [3.8, 4) is 0 Å². The number of amides is 2. The second-order valence-corrected chi connectivity index (χ2v) is 1.67. The molecule has 0 aromatic heterocycles. The van der Waals surface area contributed by atoms with E-state index in [0.29, 0.717) is 0 Å². The fraction of sp³-hybridized carbons (Fsp3) is 0.143. The maximum absolute atomic E-state index is 10.5. The third kappa shape index (κ3) is 11.7. The van der Waals surface area contributed by atoms with E-state index in [1.54, 1.807) is 0 Å². The third-order valence-corrected chi connectivity index (χ3v) is 0.896. The van der Waals surface area contributed by atoms with Crippen molar-refractivity contribution in [3.05, 3.63) is 25.3 Å². The normalized spacial score (nSPS) is 6.77. The quantitative estimate of drug-likeness (QED) is 0.277. The van der Waals surface area contributed by atoms with E-state index in [0.717, 1.165) is 12.2 Å². The first-order valence-electron chi connectivity index (χ1n) is 3.01. The van der Waals surface area contributed by atoms with Crippen LogP contribution in [0.1, 0.15) is 0 Å². The largest absolute Gasteiger partial charge is 1.00 e. The summed E-state index contributed by atoms with van der Waals surface area (Å²) in [6, 6.07) is 0. The zero-order chi connectivity index (χ0) is 8.69. The summed E-state index contributed by atoms with van der Waals surface area (Å²) in [4.78, 5) is 21.0. The number of carbonyl (C=O) groups excluding carboxylic acids is 2. The Balaban J connectivity index is -0.000000500. The molecule has 0 rings (SSSR count). The Morgan fingerprint density at radius 2 is 1.38 bits per heavy atom. The molecule has 2 N–H and O–H groups in total. The van der Waals surface area contributed by atoms with Crippen LogP contribution in [0.4, 0.5) is 0 Å². The van der Waals surface area contributed by atoms with Crippen LogP contribution in [0.15, 0.2) is 25.3 Å². The van der Waals surface area contributed by atoms with E-state index in [1.165, 1.54) is 0 Å². The predicted molar refractivity (Wildman–Crippen MR) is 41.5 cm³/mol. The smallest absolute Gasteiger partial charge is 1.00 e. The molecule has 0 unspecified atom stereocenters. The van der Waals surface area contributed by atoms with Crippen LogP contribution in [0.2, 0.25) is 0 Å². The molecule has 0 heterocycles. The van der Waals surface area contributed by atoms with Crippen LogP contribution in [0, 0.1) is 0 Å². The number of hydrogen-bond donors (Lipinski definition) is 2. The van der Waals surface area contributed by atoms with Gasteiger partial charge in [-0.25, -0.2) is 0 Å². The van der Waals surface area contributed by atoms with Gasteiger partial charge in [-0.05, 0) is 12.2 Å². The average Bonchev–Trinajstić information content (AvgIpc) is 2.04. The Hall–Kier alpha value is -0.290. The first kappa shape index (κ1) is 18.5. The number of halogens is 1. The zero-order valence-electron chi connectivity index (χ0n) is 7.47. The summed E-state index contributed by atoms with van der Waals surface area (Å²) in [6.45, 7) is 6.56. The Labute approximate surface area is 106 Å². The monoisotopic (exact) mass is 212 g/mol. The molecule has 0 atom stereocenters. The zero-order valence-corrected chi connectivity index (χ0v) is 10.2. The second-order valence-electron chi connectivity index (χ2n) is 1.67. The van der Waals surface area contributed by atoms with Crippen molar-refractivity contribution in [2.24, 2.45) is 0 Å². The van der Waals surface area contributed by atoms with Gasteiger partial charge in [0.05, 0.1) is 6.67 Å². The van der Waals surface area contributed by atoms with Crippen molar-refractivity contribution >= 4 is 11.8 Å². The first-order valence-corrected chi connectivity index (χ1v) is 3.01. The molecule has 0 aromatic carbocycles. The van der Waals surface area contributed by atoms with Gasteiger partial charge in [-0.1, -0.05) is 13.2 Å². The minimum absolute atomic E-state index is 0. The number of hydrogen-bond acceptors (Lipinski definition) is 2. The van der Waals surface area contributed by atoms with Gasteiger partial charge in [-0.3, -0.25) is 9.59 Å². The summed E-state index contributed by atoms with van der Waals surface area (Å²) in [5, 5.41) is 4.72. The molecule has 0 fully saturated rings. The molecule has 0 saturated heterocycles. The van der Waals surface area contributed by atoms with Crippen molar-refractivity contribution in [1.29, 1.82) is 0 Å². The van der Waals surface area contributed by atoms with E-state index in [9.17, 15) is 9.59 Å². The molecule has 0 aliphatic carbocycles. The van der Waals surface area contributed by atoms with Gasteiger partial charge in [0.2, 0.25) is 11.8 Å². The summed E-state index contributed by atoms with van der Waals surface area (Å²) in [5.74, 6) is -0.649. The summed E-state index contributed by atoms with van der Waals surface area (Å²) >= 11 is 0. The van der Waals surface area contributed by atoms with E-state index in [-0.39, 0.29) is 60.4 Å². The summed E-state index contributed by atoms with van der Waals surface area (Å²) in [7, 11) is 0. The van der Waals surface area contributed by atoms with E-state index in [2.05, 4.69) is 23.8 Å². The molecule has 0 aliphatic heterocycles. The minimum atomic E-state index is -0.325. The van der Waals surface area contributed by atoms with E-state index < -0.39 is 0 Å². The molecule has 0 aromatic rings. The molecule has 13 heavy (non-hydrogen) atoms. The minimum Gasteiger partial charge on any atom is -1.00 e. The molecule has 6 heteroatoms. The maximum Gasteiger partial charge on any atom is 1.00 e. The Bertz CT molecular complexity index is 177. The van der Waals surface area contributed by atoms with E-state index in [4.69, 9.17) is 0 Å². The van der Waals surface area contributed by atoms with Crippen LogP contribution in [-0.2, 0) is 9.59 Å². The van der Waals surface area contributed by atoms with Crippen molar-refractivity contribution in [1.82, 2.24) is 10.6 Å². The van der Waals surface area contributed by atoms with Crippen molar-refractivity contribution in [2.45, 2.75) is 0 Å². The van der Waals surface area contributed by atoms with Crippen LogP contribution in [0.3, 0.4) is 0 Å². The van der Waals surface area contributed by atoms with E-state index in [1.807, 2.05) is 0 Å². The summed E-state index contributed by atoms with van der Waals surface area (Å²) in [5.41, 5.74) is 0. The van der Waals surface area contributed by atoms with Gasteiger partial charge in [0.1, 0.15) is 0 Å². The number of nitrogens with one attached hydrogen (secondary N) is 2. The number of carbonyl (C=O) groups is 2. The van der Waals surface area contributed by atoms with Crippen LogP contribution < -0.4 is 52.6 Å². The molecule has 0 bridgehead atoms.